The lowest BCUT2D eigenvalue weighted by Crippen LogP contribution is -2.27. The Kier molecular flexibility index (Phi) is 6.11. The fourth-order valence-electron chi connectivity index (χ4n) is 1.65. The molecule has 0 saturated heterocycles. The second kappa shape index (κ2) is 7.59. The molecule has 0 bridgehead atoms. The van der Waals surface area contributed by atoms with Crippen molar-refractivity contribution in [2.24, 2.45) is 0 Å². The van der Waals surface area contributed by atoms with Gasteiger partial charge in [0.15, 0.2) is 18.1 Å². The van der Waals surface area contributed by atoms with Gasteiger partial charge in [0, 0.05) is 20.6 Å². The highest BCUT2D eigenvalue weighted by Gasteiger charge is 2.16. The molecule has 112 valence electrons. The van der Waals surface area contributed by atoms with Gasteiger partial charge in [-0.15, -0.1) is 0 Å². The molecule has 1 aromatic rings. The predicted molar refractivity (Wildman–Crippen MR) is 76.5 cm³/mol. The number of nitrogens with one attached hydrogen (secondary N) is 1. The van der Waals surface area contributed by atoms with Crippen molar-refractivity contribution in [1.29, 1.82) is 0 Å². The van der Waals surface area contributed by atoms with Crippen LogP contribution in [0.1, 0.15) is 5.56 Å². The highest BCUT2D eigenvalue weighted by molar-refractivity contribution is 5.77. The summed E-state index contributed by atoms with van der Waals surface area (Å²) in [7, 11) is 8.32. The third-order valence-electron chi connectivity index (χ3n) is 2.74. The van der Waals surface area contributed by atoms with Crippen LogP contribution in [0.4, 0.5) is 0 Å². The van der Waals surface area contributed by atoms with E-state index in [2.05, 4.69) is 5.32 Å². The Bertz CT molecular complexity index is 435. The van der Waals surface area contributed by atoms with Gasteiger partial charge in [-0.05, 0) is 24.7 Å². The molecule has 0 aliphatic rings. The molecular weight excluding hydrogens is 260 g/mol. The highest BCUT2D eigenvalue weighted by Crippen LogP contribution is 2.38. The van der Waals surface area contributed by atoms with Crippen LogP contribution in [-0.2, 0) is 11.3 Å². The van der Waals surface area contributed by atoms with Crippen molar-refractivity contribution in [3.05, 3.63) is 17.7 Å². The molecule has 1 N–H and O–H groups in total. The van der Waals surface area contributed by atoms with Gasteiger partial charge in [0.25, 0.3) is 5.91 Å². The number of methoxy groups -OCH3 is 2. The first kappa shape index (κ1) is 16.1. The summed E-state index contributed by atoms with van der Waals surface area (Å²) in [6, 6.07) is 3.71. The maximum atomic E-state index is 11.6. The summed E-state index contributed by atoms with van der Waals surface area (Å²) < 4.78 is 16.2. The molecule has 0 aromatic heterocycles. The molecule has 20 heavy (non-hydrogen) atoms. The van der Waals surface area contributed by atoms with Crippen LogP contribution in [0.2, 0.25) is 0 Å². The third-order valence-corrected chi connectivity index (χ3v) is 2.74. The Morgan fingerprint density at radius 3 is 2.15 bits per heavy atom. The van der Waals surface area contributed by atoms with Crippen molar-refractivity contribution in [1.82, 2.24) is 10.2 Å². The van der Waals surface area contributed by atoms with E-state index in [4.69, 9.17) is 14.2 Å². The molecular formula is C14H22N2O4. The molecule has 0 radical (unpaired) electrons. The predicted octanol–water partition coefficient (Wildman–Crippen LogP) is 0.890. The number of benzene rings is 1. The first-order valence-corrected chi connectivity index (χ1v) is 6.26. The second-order valence-electron chi connectivity index (χ2n) is 4.44. The van der Waals surface area contributed by atoms with E-state index in [0.29, 0.717) is 23.8 Å². The van der Waals surface area contributed by atoms with E-state index >= 15 is 0 Å². The summed E-state index contributed by atoms with van der Waals surface area (Å²) in [6.07, 6.45) is 0. The van der Waals surface area contributed by atoms with Crippen LogP contribution in [0, 0.1) is 0 Å². The highest BCUT2D eigenvalue weighted by atomic mass is 16.5. The molecule has 0 aliphatic heterocycles. The number of likely N-dealkylation sites (N-methyl/N-ethyl adjacent to an activating group) is 1. The lowest BCUT2D eigenvalue weighted by Gasteiger charge is -2.17. The number of hydrogen-bond acceptors (Lipinski definition) is 5. The molecule has 0 atom stereocenters. The third kappa shape index (κ3) is 4.03. The number of nitrogens with zero attached hydrogens (tertiary/aromatic N) is 1. The van der Waals surface area contributed by atoms with Crippen LogP contribution in [0.3, 0.4) is 0 Å². The van der Waals surface area contributed by atoms with Gasteiger partial charge in [-0.2, -0.15) is 0 Å². The van der Waals surface area contributed by atoms with Crippen LogP contribution < -0.4 is 19.5 Å². The van der Waals surface area contributed by atoms with E-state index in [-0.39, 0.29) is 12.5 Å². The number of hydrogen-bond donors (Lipinski definition) is 1. The average Bonchev–Trinajstić information content (AvgIpc) is 2.44. The van der Waals surface area contributed by atoms with Crippen LogP contribution in [-0.4, -0.2) is 52.8 Å². The monoisotopic (exact) mass is 282 g/mol. The molecule has 1 aromatic carbocycles. The van der Waals surface area contributed by atoms with E-state index in [1.54, 1.807) is 28.3 Å². The maximum absolute atomic E-state index is 11.6. The van der Waals surface area contributed by atoms with Crippen LogP contribution in [0.25, 0.3) is 0 Å². The zero-order chi connectivity index (χ0) is 15.1. The summed E-state index contributed by atoms with van der Waals surface area (Å²) in [5.41, 5.74) is 1.01. The molecule has 1 rings (SSSR count). The van der Waals surface area contributed by atoms with E-state index in [1.165, 1.54) is 4.90 Å². The molecule has 6 heteroatoms. The van der Waals surface area contributed by atoms with Crippen molar-refractivity contribution in [2.45, 2.75) is 6.54 Å². The minimum absolute atomic E-state index is 0.0644. The Morgan fingerprint density at radius 2 is 1.75 bits per heavy atom. The van der Waals surface area contributed by atoms with Crippen molar-refractivity contribution in [3.63, 3.8) is 0 Å². The zero-order valence-corrected chi connectivity index (χ0v) is 12.6. The molecule has 1 amide bonds. The lowest BCUT2D eigenvalue weighted by molar-refractivity contribution is -0.130. The summed E-state index contributed by atoms with van der Waals surface area (Å²) in [5, 5.41) is 3.06. The fourth-order valence-corrected chi connectivity index (χ4v) is 1.65. The fraction of sp³-hybridized carbons (Fsp3) is 0.500. The van der Waals surface area contributed by atoms with Crippen LogP contribution in [0.5, 0.6) is 17.2 Å². The Balaban J connectivity index is 3.00. The Morgan fingerprint density at radius 1 is 1.20 bits per heavy atom. The largest absolute Gasteiger partial charge is 0.493 e. The van der Waals surface area contributed by atoms with E-state index < -0.39 is 0 Å². The van der Waals surface area contributed by atoms with Gasteiger partial charge >= 0.3 is 0 Å². The van der Waals surface area contributed by atoms with Gasteiger partial charge < -0.3 is 24.4 Å². The lowest BCUT2D eigenvalue weighted by atomic mass is 10.2. The summed E-state index contributed by atoms with van der Waals surface area (Å²) in [4.78, 5) is 13.1. The quantitative estimate of drug-likeness (QED) is 0.805. The van der Waals surface area contributed by atoms with Crippen molar-refractivity contribution in [2.75, 3.05) is 42.0 Å². The first-order valence-electron chi connectivity index (χ1n) is 6.26. The zero-order valence-electron chi connectivity index (χ0n) is 12.6. The van der Waals surface area contributed by atoms with Crippen LogP contribution in [0.15, 0.2) is 12.1 Å². The number of carbonyl (C=O) groups excluding carboxylic acids is 1. The van der Waals surface area contributed by atoms with Gasteiger partial charge in [-0.1, -0.05) is 0 Å². The molecule has 6 nitrogen and oxygen atoms in total. The Hall–Kier alpha value is -1.95. The van der Waals surface area contributed by atoms with Crippen LogP contribution >= 0.6 is 0 Å². The standard InChI is InChI=1S/C14H22N2O4/c1-15-8-10-6-11(18-4)14(12(7-10)19-5)20-9-13(17)16(2)3/h6-7,15H,8-9H2,1-5H3. The molecule has 0 unspecified atom stereocenters. The van der Waals surface area contributed by atoms with Crippen molar-refractivity contribution in [3.8, 4) is 17.2 Å². The smallest absolute Gasteiger partial charge is 0.259 e. The average molecular weight is 282 g/mol. The molecule has 0 saturated carbocycles. The number of carbonyl (C=O) groups is 1. The normalized spacial score (nSPS) is 10.1. The number of rotatable bonds is 7. The SMILES string of the molecule is CNCc1cc(OC)c(OCC(=O)N(C)C)c(OC)c1. The second-order valence-corrected chi connectivity index (χ2v) is 4.44. The molecule has 0 spiro atoms. The van der Waals surface area contributed by atoms with E-state index in [9.17, 15) is 4.79 Å². The van der Waals surface area contributed by atoms with Gasteiger partial charge in [-0.25, -0.2) is 0 Å². The van der Waals surface area contributed by atoms with E-state index in [1.807, 2.05) is 19.2 Å². The van der Waals surface area contributed by atoms with Gasteiger partial charge in [-0.3, -0.25) is 4.79 Å². The molecule has 0 aliphatic carbocycles. The number of amides is 1. The van der Waals surface area contributed by atoms with E-state index in [0.717, 1.165) is 5.56 Å². The summed E-state index contributed by atoms with van der Waals surface area (Å²) in [5.74, 6) is 1.39. The van der Waals surface area contributed by atoms with Crippen molar-refractivity contribution < 1.29 is 19.0 Å². The first-order chi connectivity index (χ1) is 9.53. The summed E-state index contributed by atoms with van der Waals surface area (Å²) >= 11 is 0. The van der Waals surface area contributed by atoms with Gasteiger partial charge in [0.05, 0.1) is 14.2 Å². The summed E-state index contributed by atoms with van der Waals surface area (Å²) in [6.45, 7) is 0.620. The van der Waals surface area contributed by atoms with Crippen molar-refractivity contribution >= 4 is 5.91 Å². The van der Waals surface area contributed by atoms with Gasteiger partial charge in [0.2, 0.25) is 5.75 Å². The van der Waals surface area contributed by atoms with Gasteiger partial charge in [0.1, 0.15) is 0 Å². The Labute approximate surface area is 119 Å². The maximum Gasteiger partial charge on any atom is 0.259 e. The number of ether oxygens (including phenoxy) is 3. The minimum Gasteiger partial charge on any atom is -0.493 e. The topological polar surface area (TPSA) is 60.0 Å². The molecule has 0 heterocycles. The molecule has 0 fully saturated rings. The minimum atomic E-state index is -0.131.